The van der Waals surface area contributed by atoms with Crippen LogP contribution in [0.25, 0.3) is 10.4 Å². The first-order valence-corrected chi connectivity index (χ1v) is 4.29. The van der Waals surface area contributed by atoms with Crippen molar-refractivity contribution in [2.24, 2.45) is 5.11 Å². The molecule has 0 saturated heterocycles. The molecule has 1 aromatic rings. The van der Waals surface area contributed by atoms with Crippen molar-refractivity contribution in [3.8, 4) is 0 Å². The molecule has 0 aliphatic carbocycles. The van der Waals surface area contributed by atoms with E-state index in [9.17, 15) is 0 Å². The minimum atomic E-state index is -0.0369. The summed E-state index contributed by atoms with van der Waals surface area (Å²) >= 11 is 2.10. The van der Waals surface area contributed by atoms with Crippen LogP contribution in [0.3, 0.4) is 0 Å². The van der Waals surface area contributed by atoms with Crippen molar-refractivity contribution in [3.05, 3.63) is 37.8 Å². The van der Waals surface area contributed by atoms with Gasteiger partial charge >= 0.3 is 0 Å². The van der Waals surface area contributed by atoms with Crippen LogP contribution in [-0.2, 0) is 6.61 Å². The number of nitrogens with zero attached hydrogens (tertiary/aromatic N) is 3. The first kappa shape index (κ1) is 9.31. The topological polar surface area (TPSA) is 69.0 Å². The molecule has 0 unspecified atom stereocenters. The Morgan fingerprint density at radius 3 is 2.83 bits per heavy atom. The van der Waals surface area contributed by atoms with Gasteiger partial charge in [0, 0.05) is 14.2 Å². The highest BCUT2D eigenvalue weighted by molar-refractivity contribution is 14.1. The lowest BCUT2D eigenvalue weighted by Gasteiger charge is -1.98. The average molecular weight is 275 g/mol. The number of aliphatic hydroxyl groups excluding tert-OH is 1. The summed E-state index contributed by atoms with van der Waals surface area (Å²) in [5, 5.41) is 12.3. The fourth-order valence-electron chi connectivity index (χ4n) is 0.834. The van der Waals surface area contributed by atoms with Crippen molar-refractivity contribution in [3.63, 3.8) is 0 Å². The number of halogens is 1. The van der Waals surface area contributed by atoms with Crippen LogP contribution in [0.5, 0.6) is 0 Å². The fraction of sp³-hybridized carbons (Fsp3) is 0.143. The zero-order valence-corrected chi connectivity index (χ0v) is 8.26. The minimum Gasteiger partial charge on any atom is -0.392 e. The van der Waals surface area contributed by atoms with Crippen LogP contribution in [0.2, 0.25) is 0 Å². The lowest BCUT2D eigenvalue weighted by molar-refractivity contribution is 0.282. The molecule has 5 heteroatoms. The predicted molar refractivity (Wildman–Crippen MR) is 53.9 cm³/mol. The first-order chi connectivity index (χ1) is 5.76. The molecular formula is C7H6IN3O. The Morgan fingerprint density at radius 1 is 1.50 bits per heavy atom. The number of benzene rings is 1. The summed E-state index contributed by atoms with van der Waals surface area (Å²) in [5.41, 5.74) is 9.46. The Hall–Kier alpha value is -0.780. The number of aliphatic hydroxyl groups is 1. The Labute approximate surface area is 83.0 Å². The van der Waals surface area contributed by atoms with Crippen LogP contribution in [0.15, 0.2) is 23.3 Å². The van der Waals surface area contributed by atoms with Crippen molar-refractivity contribution in [2.45, 2.75) is 6.61 Å². The van der Waals surface area contributed by atoms with Gasteiger partial charge in [0.1, 0.15) is 0 Å². The molecule has 0 saturated carbocycles. The molecule has 0 radical (unpaired) electrons. The lowest BCUT2D eigenvalue weighted by Crippen LogP contribution is -1.82. The van der Waals surface area contributed by atoms with E-state index in [0.717, 1.165) is 9.13 Å². The highest BCUT2D eigenvalue weighted by Gasteiger charge is 1.95. The van der Waals surface area contributed by atoms with Gasteiger partial charge in [0.05, 0.1) is 6.61 Å². The van der Waals surface area contributed by atoms with Gasteiger partial charge in [-0.05, 0) is 51.9 Å². The van der Waals surface area contributed by atoms with Gasteiger partial charge in [-0.1, -0.05) is 5.11 Å². The van der Waals surface area contributed by atoms with Gasteiger partial charge < -0.3 is 5.11 Å². The maximum Gasteiger partial charge on any atom is 0.0682 e. The molecule has 0 fully saturated rings. The molecule has 0 aliphatic rings. The molecule has 0 aliphatic heterocycles. The second-order valence-corrected chi connectivity index (χ2v) is 3.41. The molecule has 0 bridgehead atoms. The van der Waals surface area contributed by atoms with Gasteiger partial charge in [0.25, 0.3) is 0 Å². The smallest absolute Gasteiger partial charge is 0.0682 e. The van der Waals surface area contributed by atoms with Gasteiger partial charge in [0.15, 0.2) is 0 Å². The molecule has 12 heavy (non-hydrogen) atoms. The minimum absolute atomic E-state index is 0.0369. The molecule has 0 spiro atoms. The van der Waals surface area contributed by atoms with E-state index in [1.165, 1.54) is 0 Å². The van der Waals surface area contributed by atoms with Gasteiger partial charge in [-0.15, -0.1) is 0 Å². The summed E-state index contributed by atoms with van der Waals surface area (Å²) < 4.78 is 0.946. The third-order valence-electron chi connectivity index (χ3n) is 1.29. The summed E-state index contributed by atoms with van der Waals surface area (Å²) in [6.45, 7) is -0.0369. The summed E-state index contributed by atoms with van der Waals surface area (Å²) in [6.07, 6.45) is 0. The molecule has 0 heterocycles. The van der Waals surface area contributed by atoms with E-state index in [-0.39, 0.29) is 6.61 Å². The standard InChI is InChI=1S/C7H6IN3O/c8-6-1-5(4-12)2-7(3-6)10-11-9/h1-3,12H,4H2. The third-order valence-corrected chi connectivity index (χ3v) is 1.91. The summed E-state index contributed by atoms with van der Waals surface area (Å²) in [7, 11) is 0. The van der Waals surface area contributed by atoms with Gasteiger partial charge in [-0.2, -0.15) is 0 Å². The Morgan fingerprint density at radius 2 is 2.25 bits per heavy atom. The SMILES string of the molecule is [N-]=[N+]=Nc1cc(I)cc(CO)c1. The van der Waals surface area contributed by atoms with Crippen LogP contribution in [0.4, 0.5) is 5.69 Å². The zero-order chi connectivity index (χ0) is 8.97. The monoisotopic (exact) mass is 275 g/mol. The van der Waals surface area contributed by atoms with E-state index in [2.05, 4.69) is 32.6 Å². The lowest BCUT2D eigenvalue weighted by atomic mass is 10.2. The third kappa shape index (κ3) is 2.37. The second-order valence-electron chi connectivity index (χ2n) is 2.17. The number of hydrogen-bond acceptors (Lipinski definition) is 2. The Balaban J connectivity index is 3.14. The van der Waals surface area contributed by atoms with Gasteiger partial charge in [0.2, 0.25) is 0 Å². The van der Waals surface area contributed by atoms with E-state index in [4.69, 9.17) is 10.6 Å². The number of azide groups is 1. The molecule has 1 aromatic carbocycles. The first-order valence-electron chi connectivity index (χ1n) is 3.21. The molecule has 62 valence electrons. The highest BCUT2D eigenvalue weighted by atomic mass is 127. The van der Waals surface area contributed by atoms with E-state index < -0.39 is 0 Å². The number of hydrogen-bond donors (Lipinski definition) is 1. The Bertz CT molecular complexity index is 333. The average Bonchev–Trinajstić information content (AvgIpc) is 2.04. The molecule has 1 N–H and O–H groups in total. The highest BCUT2D eigenvalue weighted by Crippen LogP contribution is 2.19. The Kier molecular flexibility index (Phi) is 3.33. The van der Waals surface area contributed by atoms with E-state index >= 15 is 0 Å². The zero-order valence-electron chi connectivity index (χ0n) is 6.11. The van der Waals surface area contributed by atoms with E-state index in [1.54, 1.807) is 12.1 Å². The molecule has 0 amide bonds. The van der Waals surface area contributed by atoms with Crippen molar-refractivity contribution < 1.29 is 5.11 Å². The summed E-state index contributed by atoms with van der Waals surface area (Å²) in [5.74, 6) is 0. The quantitative estimate of drug-likeness (QED) is 0.383. The van der Waals surface area contributed by atoms with Crippen molar-refractivity contribution in [2.75, 3.05) is 0 Å². The molecule has 1 rings (SSSR count). The molecular weight excluding hydrogens is 269 g/mol. The van der Waals surface area contributed by atoms with Crippen LogP contribution in [0.1, 0.15) is 5.56 Å². The molecule has 4 nitrogen and oxygen atoms in total. The summed E-state index contributed by atoms with van der Waals surface area (Å²) in [4.78, 5) is 2.66. The largest absolute Gasteiger partial charge is 0.392 e. The fourth-order valence-corrected chi connectivity index (χ4v) is 1.55. The van der Waals surface area contributed by atoms with Crippen molar-refractivity contribution in [1.82, 2.24) is 0 Å². The van der Waals surface area contributed by atoms with Crippen LogP contribution in [-0.4, -0.2) is 5.11 Å². The van der Waals surface area contributed by atoms with E-state index in [0.29, 0.717) is 5.69 Å². The van der Waals surface area contributed by atoms with Crippen LogP contribution >= 0.6 is 22.6 Å². The predicted octanol–water partition coefficient (Wildman–Crippen LogP) is 2.73. The maximum absolute atomic E-state index is 8.82. The normalized spacial score (nSPS) is 9.17. The van der Waals surface area contributed by atoms with Crippen LogP contribution in [0, 0.1) is 3.57 Å². The molecule has 0 atom stereocenters. The second kappa shape index (κ2) is 4.30. The van der Waals surface area contributed by atoms with Gasteiger partial charge in [-0.3, -0.25) is 0 Å². The van der Waals surface area contributed by atoms with Crippen LogP contribution < -0.4 is 0 Å². The summed E-state index contributed by atoms with van der Waals surface area (Å²) in [6, 6.07) is 5.23. The number of rotatable bonds is 2. The van der Waals surface area contributed by atoms with Crippen molar-refractivity contribution >= 4 is 28.3 Å². The van der Waals surface area contributed by atoms with Gasteiger partial charge in [-0.25, -0.2) is 0 Å². The van der Waals surface area contributed by atoms with E-state index in [1.807, 2.05) is 6.07 Å². The van der Waals surface area contributed by atoms with Crippen molar-refractivity contribution in [1.29, 1.82) is 0 Å². The maximum atomic E-state index is 8.82. The molecule has 0 aromatic heterocycles.